The lowest BCUT2D eigenvalue weighted by Gasteiger charge is -2.16. The summed E-state index contributed by atoms with van der Waals surface area (Å²) in [4.78, 5) is 20.8. The molecule has 4 aromatic rings. The lowest BCUT2D eigenvalue weighted by atomic mass is 9.98. The van der Waals surface area contributed by atoms with Crippen molar-refractivity contribution in [2.24, 2.45) is 5.92 Å². The monoisotopic (exact) mass is 415 g/mol. The number of carbonyl (C=O) groups excluding carboxylic acids is 1. The summed E-state index contributed by atoms with van der Waals surface area (Å²) < 4.78 is 8.26. The van der Waals surface area contributed by atoms with Gasteiger partial charge in [0, 0.05) is 35.8 Å². The van der Waals surface area contributed by atoms with Crippen LogP contribution < -0.4 is 9.04 Å². The van der Waals surface area contributed by atoms with Crippen molar-refractivity contribution in [2.45, 2.75) is 6.61 Å². The molecule has 5 rings (SSSR count). The Morgan fingerprint density at radius 2 is 2.03 bits per heavy atom. The van der Waals surface area contributed by atoms with E-state index in [-0.39, 0.29) is 11.7 Å². The molecule has 1 aliphatic rings. The van der Waals surface area contributed by atoms with E-state index in [9.17, 15) is 4.79 Å². The van der Waals surface area contributed by atoms with E-state index >= 15 is 0 Å². The van der Waals surface area contributed by atoms with Gasteiger partial charge in [0.25, 0.3) is 0 Å². The van der Waals surface area contributed by atoms with Crippen molar-refractivity contribution in [1.82, 2.24) is 9.97 Å². The molecule has 1 N–H and O–H groups in total. The molecule has 1 aliphatic heterocycles. The zero-order valence-corrected chi connectivity index (χ0v) is 17.1. The Labute approximate surface area is 179 Å². The summed E-state index contributed by atoms with van der Waals surface area (Å²) in [6.07, 6.45) is 5.41. The molecule has 1 atom stereocenters. The second-order valence-electron chi connectivity index (χ2n) is 7.28. The predicted octanol–water partition coefficient (Wildman–Crippen LogP) is 5.11. The molecule has 0 bridgehead atoms. The largest absolute Gasteiger partial charge is 0.488 e. The van der Waals surface area contributed by atoms with Crippen LogP contribution in [0.15, 0.2) is 79.3 Å². The number of H-pyrrole nitrogens is 1. The summed E-state index contributed by atoms with van der Waals surface area (Å²) >= 11 is 1.68. The molecule has 2 aromatic heterocycles. The molecule has 150 valence electrons. The van der Waals surface area contributed by atoms with Gasteiger partial charge < -0.3 is 14.0 Å². The summed E-state index contributed by atoms with van der Waals surface area (Å²) in [5.41, 5.74) is 3.74. The van der Waals surface area contributed by atoms with Gasteiger partial charge >= 0.3 is 0 Å². The van der Waals surface area contributed by atoms with Gasteiger partial charge in [-0.15, -0.1) is 0 Å². The third-order valence-corrected chi connectivity index (χ3v) is 6.52. The third kappa shape index (κ3) is 3.66. The second-order valence-corrected chi connectivity index (χ2v) is 8.32. The van der Waals surface area contributed by atoms with Crippen molar-refractivity contribution in [3.63, 3.8) is 0 Å². The van der Waals surface area contributed by atoms with Crippen LogP contribution in [-0.2, 0) is 6.61 Å². The number of pyridine rings is 1. The van der Waals surface area contributed by atoms with Gasteiger partial charge in [-0.1, -0.05) is 36.4 Å². The minimum Gasteiger partial charge on any atom is -0.488 e. The second kappa shape index (κ2) is 8.24. The molecule has 2 aromatic carbocycles. The number of ether oxygens (including phenoxy) is 1. The lowest BCUT2D eigenvalue weighted by molar-refractivity contribution is 0.0941. The third-order valence-electron chi connectivity index (χ3n) is 5.29. The van der Waals surface area contributed by atoms with Crippen molar-refractivity contribution < 1.29 is 9.53 Å². The molecule has 5 nitrogen and oxygen atoms in total. The van der Waals surface area contributed by atoms with Gasteiger partial charge in [0.1, 0.15) is 12.4 Å². The zero-order valence-electron chi connectivity index (χ0n) is 16.3. The van der Waals surface area contributed by atoms with Gasteiger partial charge in [-0.3, -0.25) is 9.78 Å². The fourth-order valence-corrected chi connectivity index (χ4v) is 4.91. The Hall–Kier alpha value is -3.25. The van der Waals surface area contributed by atoms with Crippen molar-refractivity contribution in [3.05, 3.63) is 90.4 Å². The number of fused-ring (bicyclic) bond motifs is 1. The highest BCUT2D eigenvalue weighted by molar-refractivity contribution is 8.00. The highest BCUT2D eigenvalue weighted by Crippen LogP contribution is 2.36. The first-order chi connectivity index (χ1) is 14.8. The van der Waals surface area contributed by atoms with Crippen molar-refractivity contribution in [2.75, 3.05) is 16.6 Å². The maximum Gasteiger partial charge on any atom is 0.170 e. The molecule has 6 heteroatoms. The average Bonchev–Trinajstić information content (AvgIpc) is 3.47. The molecule has 30 heavy (non-hydrogen) atoms. The van der Waals surface area contributed by atoms with Crippen LogP contribution in [0.2, 0.25) is 0 Å². The van der Waals surface area contributed by atoms with Crippen LogP contribution in [0.25, 0.3) is 10.9 Å². The molecular formula is C24H21N3O2S. The Morgan fingerprint density at radius 3 is 2.87 bits per heavy atom. The van der Waals surface area contributed by atoms with E-state index in [1.54, 1.807) is 18.1 Å². The topological polar surface area (TPSA) is 58.2 Å². The van der Waals surface area contributed by atoms with E-state index in [0.29, 0.717) is 18.7 Å². The normalized spacial score (nSPS) is 16.1. The molecular weight excluding hydrogens is 394 g/mol. The van der Waals surface area contributed by atoms with Crippen molar-refractivity contribution in [3.8, 4) is 5.75 Å². The summed E-state index contributed by atoms with van der Waals surface area (Å²) in [6, 6.07) is 19.8. The number of nitrogens with zero attached hydrogens (tertiary/aromatic N) is 2. The molecule has 3 heterocycles. The smallest absolute Gasteiger partial charge is 0.170 e. The summed E-state index contributed by atoms with van der Waals surface area (Å²) in [5, 5.41) is 0.864. The Balaban J connectivity index is 1.38. The highest BCUT2D eigenvalue weighted by Gasteiger charge is 2.32. The molecule has 0 amide bonds. The molecule has 0 radical (unpaired) electrons. The maximum absolute atomic E-state index is 13.4. The van der Waals surface area contributed by atoms with E-state index < -0.39 is 0 Å². The number of aromatic amines is 1. The lowest BCUT2D eigenvalue weighted by Crippen LogP contribution is -2.22. The maximum atomic E-state index is 13.4. The van der Waals surface area contributed by atoms with E-state index in [0.717, 1.165) is 33.7 Å². The number of Topliss-reactive ketones (excluding diaryl/α,β-unsaturated/α-hetero) is 1. The number of carbonyl (C=O) groups is 1. The summed E-state index contributed by atoms with van der Waals surface area (Å²) in [5.74, 6) is 1.57. The quantitative estimate of drug-likeness (QED) is 0.350. The van der Waals surface area contributed by atoms with Crippen LogP contribution in [0.3, 0.4) is 0 Å². The van der Waals surface area contributed by atoms with Gasteiger partial charge in [-0.2, -0.15) is 0 Å². The average molecular weight is 416 g/mol. The fourth-order valence-electron chi connectivity index (χ4n) is 3.75. The Bertz CT molecular complexity index is 1160. The first kappa shape index (κ1) is 18.8. The van der Waals surface area contributed by atoms with Gasteiger partial charge in [-0.05, 0) is 41.8 Å². The minimum atomic E-state index is -0.0728. The fraction of sp³-hybridized carbons (Fsp3) is 0.167. The highest BCUT2D eigenvalue weighted by atomic mass is 32.2. The van der Waals surface area contributed by atoms with Gasteiger partial charge in [-0.25, -0.2) is 0 Å². The predicted molar refractivity (Wildman–Crippen MR) is 121 cm³/mol. The molecule has 1 saturated heterocycles. The van der Waals surface area contributed by atoms with E-state index in [1.807, 2.05) is 73.1 Å². The number of ketones is 1. The number of hydrogen-bond acceptors (Lipinski definition) is 5. The van der Waals surface area contributed by atoms with Gasteiger partial charge in [0.05, 0.1) is 23.2 Å². The SMILES string of the molecule is O=C(c1c[nH]c2cccc(OCc3ccccc3)c12)C1CSN(c2cccnc2)C1. The van der Waals surface area contributed by atoms with Gasteiger partial charge in [0.2, 0.25) is 0 Å². The number of rotatable bonds is 6. The van der Waals surface area contributed by atoms with Gasteiger partial charge in [0.15, 0.2) is 5.78 Å². The number of anilines is 1. The zero-order chi connectivity index (χ0) is 20.3. The summed E-state index contributed by atoms with van der Waals surface area (Å²) in [7, 11) is 0. The summed E-state index contributed by atoms with van der Waals surface area (Å²) in [6.45, 7) is 1.14. The van der Waals surface area contributed by atoms with Crippen LogP contribution in [0.1, 0.15) is 15.9 Å². The van der Waals surface area contributed by atoms with Crippen LogP contribution in [0, 0.1) is 5.92 Å². The standard InChI is InChI=1S/C24H21N3O2S/c28-24(18-14-27(30-16-18)19-8-5-11-25-12-19)20-13-26-21-9-4-10-22(23(20)21)29-15-17-6-2-1-3-7-17/h1-13,18,26H,14-16H2. The number of nitrogens with one attached hydrogen (secondary N) is 1. The van der Waals surface area contributed by atoms with Crippen molar-refractivity contribution in [1.29, 1.82) is 0 Å². The van der Waals surface area contributed by atoms with E-state index in [2.05, 4.69) is 14.3 Å². The van der Waals surface area contributed by atoms with Crippen LogP contribution >= 0.6 is 11.9 Å². The molecule has 0 spiro atoms. The Morgan fingerprint density at radius 1 is 1.13 bits per heavy atom. The molecule has 1 fully saturated rings. The Kier molecular flexibility index (Phi) is 5.15. The van der Waals surface area contributed by atoms with Crippen LogP contribution in [0.4, 0.5) is 5.69 Å². The number of benzene rings is 2. The molecule has 0 aliphatic carbocycles. The van der Waals surface area contributed by atoms with Crippen LogP contribution in [-0.4, -0.2) is 28.0 Å². The first-order valence-electron chi connectivity index (χ1n) is 9.91. The molecule has 1 unspecified atom stereocenters. The molecule has 0 saturated carbocycles. The number of aromatic nitrogens is 2. The first-order valence-corrected chi connectivity index (χ1v) is 10.9. The van der Waals surface area contributed by atoms with E-state index in [1.165, 1.54) is 0 Å². The van der Waals surface area contributed by atoms with Crippen LogP contribution in [0.5, 0.6) is 5.75 Å². The van der Waals surface area contributed by atoms with E-state index in [4.69, 9.17) is 4.74 Å². The van der Waals surface area contributed by atoms with Crippen molar-refractivity contribution >= 4 is 34.3 Å². The number of hydrogen-bond donors (Lipinski definition) is 1. The minimum absolute atomic E-state index is 0.0728.